The minimum atomic E-state index is -4.05. The Labute approximate surface area is 385 Å². The van der Waals surface area contributed by atoms with E-state index in [4.69, 9.17) is 0 Å². The van der Waals surface area contributed by atoms with Gasteiger partial charge in [-0.3, -0.25) is 0 Å². The number of hydrogen-bond acceptors (Lipinski definition) is 0. The summed E-state index contributed by atoms with van der Waals surface area (Å²) in [7, 11) is 0. The molecule has 6 aromatic rings. The second-order valence-electron chi connectivity index (χ2n) is 22.0. The van der Waals surface area contributed by atoms with Gasteiger partial charge in [-0.1, -0.05) is 0 Å². The first-order valence-corrected chi connectivity index (χ1v) is 36.9. The molecule has 6 aromatic carbocycles. The van der Waals surface area contributed by atoms with Crippen molar-refractivity contribution in [1.82, 2.24) is 0 Å². The van der Waals surface area contributed by atoms with Crippen LogP contribution in [-0.2, 0) is 17.4 Å². The largest absolute Gasteiger partial charge is 0.147 e. The number of benzene rings is 6. The molecule has 0 radical (unpaired) electrons. The van der Waals surface area contributed by atoms with Crippen molar-refractivity contribution in [2.45, 2.75) is 106 Å². The average Bonchev–Trinajstić information content (AvgIpc) is 4.14. The zero-order valence-corrected chi connectivity index (χ0v) is 42.4. The first-order valence-electron chi connectivity index (χ1n) is 23.9. The number of hydrogen-bond donors (Lipinski definition) is 0. The fourth-order valence-corrected chi connectivity index (χ4v) is 41.4. The molecule has 4 saturated carbocycles. The van der Waals surface area contributed by atoms with Crippen LogP contribution in [-0.4, -0.2) is 6.88 Å². The normalized spacial score (nSPS) is 26.9. The molecule has 0 aromatic heterocycles. The Morgan fingerprint density at radius 1 is 0.532 bits per heavy atom. The Morgan fingerprint density at radius 2 is 0.952 bits per heavy atom. The SMILES string of the molecule is CC[CH2][Zr]([CH3])(=[SiH2])([CH]1C(CC23CCC(CC2)C3)=Cc2c(-c3ccc4ccccc4c3)cccc21)[CH]1C(CC23CCC(CC2)C3)=Cc2c(-c3ccc4ccccc4c3)cccc21.Cl.Cl. The maximum Gasteiger partial charge on any atom is -0.147 e. The second-order valence-corrected chi connectivity index (χ2v) is 50.4. The van der Waals surface area contributed by atoms with Crippen LogP contribution in [0.5, 0.6) is 0 Å². The summed E-state index contributed by atoms with van der Waals surface area (Å²) >= 11 is -4.05. The Hall–Kier alpha value is -3.00. The molecule has 0 spiro atoms. The number of allylic oxidation sites excluding steroid dienone is 2. The molecule has 4 fully saturated rings. The summed E-state index contributed by atoms with van der Waals surface area (Å²) in [5.41, 5.74) is 16.9. The summed E-state index contributed by atoms with van der Waals surface area (Å²) in [5.74, 6) is 1.93. The van der Waals surface area contributed by atoms with E-state index in [0.717, 1.165) is 11.8 Å². The predicted octanol–water partition coefficient (Wildman–Crippen LogP) is 16.8. The van der Waals surface area contributed by atoms with E-state index in [-0.39, 0.29) is 24.8 Å². The quantitative estimate of drug-likeness (QED) is 0.120. The smallest absolute Gasteiger partial charge is 0.147 e. The van der Waals surface area contributed by atoms with E-state index in [2.05, 4.69) is 152 Å². The van der Waals surface area contributed by atoms with Crippen LogP contribution in [0, 0.1) is 22.7 Å². The molecule has 318 valence electrons. The molecule has 0 heterocycles. The molecule has 4 bridgehead atoms. The van der Waals surface area contributed by atoms with Crippen LogP contribution in [0.4, 0.5) is 0 Å². The van der Waals surface area contributed by atoms with E-state index < -0.39 is 17.4 Å². The van der Waals surface area contributed by atoms with Crippen molar-refractivity contribution in [3.05, 3.63) is 155 Å². The molecule has 6 aliphatic carbocycles. The Kier molecular flexibility index (Phi) is 11.0. The first kappa shape index (κ1) is 42.9. The van der Waals surface area contributed by atoms with Crippen LogP contribution in [0.1, 0.15) is 120 Å². The van der Waals surface area contributed by atoms with Crippen molar-refractivity contribution in [3.8, 4) is 22.3 Å². The van der Waals surface area contributed by atoms with E-state index in [1.54, 1.807) is 22.3 Å². The van der Waals surface area contributed by atoms with E-state index in [1.165, 1.54) is 131 Å². The Morgan fingerprint density at radius 3 is 1.34 bits per heavy atom. The van der Waals surface area contributed by atoms with Crippen LogP contribution in [0.3, 0.4) is 0 Å². The standard InChI is InChI=1S/2C27H25.C3H7.CH3.2ClH.H2Si.Zr/c2*1-2-5-22-16-24(9-8-21(22)4-1)25-7-3-6-23-14-20(15-26(23)25)18-27-12-10-19(17-27)11-13-27;1-3-2;;;;;/h2*1-9,14-16,19H,10-13,17-18H2;1,3H2,2H3;1H3;2*1H;1H2;. The molecule has 0 nitrogen and oxygen atoms in total. The molecular formula is C58H64Cl2SiZr. The third-order valence-electron chi connectivity index (χ3n) is 18.0. The summed E-state index contributed by atoms with van der Waals surface area (Å²) in [5, 5.41) is 5.35. The van der Waals surface area contributed by atoms with Crippen molar-refractivity contribution in [2.75, 3.05) is 0 Å². The van der Waals surface area contributed by atoms with E-state index in [1.807, 2.05) is 11.1 Å². The first-order chi connectivity index (χ1) is 29.2. The third-order valence-corrected chi connectivity index (χ3v) is 41.6. The maximum absolute atomic E-state index is 4.05. The summed E-state index contributed by atoms with van der Waals surface area (Å²) in [6.07, 6.45) is 24.1. The van der Waals surface area contributed by atoms with Crippen molar-refractivity contribution in [1.29, 1.82) is 0 Å². The van der Waals surface area contributed by atoms with Crippen LogP contribution in [0.15, 0.2) is 132 Å². The molecule has 2 unspecified atom stereocenters. The number of fused-ring (bicyclic) bond motifs is 8. The van der Waals surface area contributed by atoms with Gasteiger partial charge >= 0.3 is 364 Å². The van der Waals surface area contributed by atoms with Gasteiger partial charge < -0.3 is 0 Å². The minimum Gasteiger partial charge on any atom is -0.147 e. The summed E-state index contributed by atoms with van der Waals surface area (Å²) in [4.78, 5) is 0. The molecule has 6 aliphatic rings. The van der Waals surface area contributed by atoms with Crippen LogP contribution < -0.4 is 0 Å². The van der Waals surface area contributed by atoms with Crippen LogP contribution in [0.25, 0.3) is 56.0 Å². The molecular weight excluding hydrogens is 887 g/mol. The molecule has 62 heavy (non-hydrogen) atoms. The fraction of sp³-hybridized carbons (Fsp3) is 0.379. The minimum absolute atomic E-state index is 0. The second kappa shape index (κ2) is 15.9. The van der Waals surface area contributed by atoms with Gasteiger partial charge in [0.1, 0.15) is 0 Å². The average molecular weight is 951 g/mol. The Balaban J connectivity index is 0.00000229. The van der Waals surface area contributed by atoms with Crippen LogP contribution in [0.2, 0.25) is 8.76 Å². The molecule has 2 atom stereocenters. The number of rotatable bonds is 10. The zero-order valence-electron chi connectivity index (χ0n) is 36.9. The van der Waals surface area contributed by atoms with Gasteiger partial charge in [-0.25, -0.2) is 0 Å². The summed E-state index contributed by atoms with van der Waals surface area (Å²) in [6, 6.07) is 47.4. The Bertz CT molecular complexity index is 2680. The van der Waals surface area contributed by atoms with Gasteiger partial charge in [0.2, 0.25) is 0 Å². The van der Waals surface area contributed by atoms with Gasteiger partial charge in [0, 0.05) is 0 Å². The van der Waals surface area contributed by atoms with Gasteiger partial charge in [0.15, 0.2) is 0 Å². The van der Waals surface area contributed by atoms with E-state index in [9.17, 15) is 0 Å². The fourth-order valence-electron chi connectivity index (χ4n) is 15.6. The molecule has 12 rings (SSSR count). The van der Waals surface area contributed by atoms with Crippen molar-refractivity contribution < 1.29 is 17.4 Å². The van der Waals surface area contributed by atoms with Crippen molar-refractivity contribution in [2.24, 2.45) is 22.7 Å². The molecule has 0 N–H and O–H groups in total. The summed E-state index contributed by atoms with van der Waals surface area (Å²) < 4.78 is 5.56. The van der Waals surface area contributed by atoms with Gasteiger partial charge in [-0.05, 0) is 0 Å². The predicted molar refractivity (Wildman–Crippen MR) is 271 cm³/mol. The monoisotopic (exact) mass is 948 g/mol. The number of halogens is 2. The topological polar surface area (TPSA) is 0 Å². The molecule has 4 heteroatoms. The van der Waals surface area contributed by atoms with Crippen LogP contribution >= 0.6 is 24.8 Å². The third kappa shape index (κ3) is 6.81. The zero-order chi connectivity index (χ0) is 40.3. The summed E-state index contributed by atoms with van der Waals surface area (Å²) in [6.45, 7) is 5.20. The molecule has 0 amide bonds. The van der Waals surface area contributed by atoms with E-state index in [0.29, 0.717) is 18.1 Å². The van der Waals surface area contributed by atoms with Gasteiger partial charge in [0.25, 0.3) is 0 Å². The van der Waals surface area contributed by atoms with Crippen molar-refractivity contribution >= 4 is 65.4 Å². The van der Waals surface area contributed by atoms with Gasteiger partial charge in [0.05, 0.1) is 0 Å². The molecule has 0 aliphatic heterocycles. The van der Waals surface area contributed by atoms with Crippen molar-refractivity contribution in [3.63, 3.8) is 0 Å². The van der Waals surface area contributed by atoms with E-state index >= 15 is 0 Å². The van der Waals surface area contributed by atoms with Gasteiger partial charge in [-0.15, -0.1) is 24.8 Å². The maximum atomic E-state index is 3.02. The molecule has 0 saturated heterocycles. The van der Waals surface area contributed by atoms with Gasteiger partial charge in [-0.2, -0.15) is 0 Å².